The Hall–Kier alpha value is -1.59. The molecule has 2 nitrogen and oxygen atoms in total. The molecule has 5 heteroatoms. The molecule has 2 N–H and O–H groups in total. The molecular formula is C15H15F2NOS. The van der Waals surface area contributed by atoms with Crippen LogP contribution in [-0.4, -0.2) is 16.5 Å². The van der Waals surface area contributed by atoms with Crippen LogP contribution in [0.2, 0.25) is 0 Å². The molecule has 0 heterocycles. The number of nitrogens with two attached hydrogens (primary N) is 1. The first-order valence-corrected chi connectivity index (χ1v) is 7.52. The van der Waals surface area contributed by atoms with E-state index in [1.807, 2.05) is 30.3 Å². The van der Waals surface area contributed by atoms with Crippen molar-refractivity contribution in [3.05, 3.63) is 65.7 Å². The van der Waals surface area contributed by atoms with Crippen molar-refractivity contribution in [2.45, 2.75) is 10.8 Å². The van der Waals surface area contributed by atoms with Crippen molar-refractivity contribution >= 4 is 10.8 Å². The highest BCUT2D eigenvalue weighted by atomic mass is 32.2. The van der Waals surface area contributed by atoms with Gasteiger partial charge in [-0.15, -0.1) is 0 Å². The average Bonchev–Trinajstić information content (AvgIpc) is 2.45. The molecule has 0 bridgehead atoms. The van der Waals surface area contributed by atoms with Crippen LogP contribution < -0.4 is 5.73 Å². The molecule has 2 aromatic carbocycles. The first-order chi connectivity index (χ1) is 9.61. The van der Waals surface area contributed by atoms with E-state index in [1.165, 1.54) is 6.07 Å². The Labute approximate surface area is 119 Å². The predicted octanol–water partition coefficient (Wildman–Crippen LogP) is 2.81. The average molecular weight is 295 g/mol. The summed E-state index contributed by atoms with van der Waals surface area (Å²) in [5.74, 6) is -1.38. The van der Waals surface area contributed by atoms with E-state index in [0.717, 1.165) is 17.7 Å². The maximum atomic E-state index is 13.6. The second-order valence-electron chi connectivity index (χ2n) is 4.43. The van der Waals surface area contributed by atoms with Crippen LogP contribution in [0.15, 0.2) is 53.4 Å². The fourth-order valence-corrected chi connectivity index (χ4v) is 3.33. The Kier molecular flexibility index (Phi) is 4.98. The Bertz CT molecular complexity index is 604. The van der Waals surface area contributed by atoms with E-state index in [-0.39, 0.29) is 16.6 Å². The van der Waals surface area contributed by atoms with Crippen LogP contribution in [0, 0.1) is 11.6 Å². The smallest absolute Gasteiger partial charge is 0.142 e. The molecule has 0 aliphatic carbocycles. The first-order valence-electron chi connectivity index (χ1n) is 6.20. The maximum absolute atomic E-state index is 13.6. The van der Waals surface area contributed by atoms with Gasteiger partial charge in [0, 0.05) is 24.3 Å². The molecule has 0 aliphatic rings. The van der Waals surface area contributed by atoms with E-state index >= 15 is 0 Å². The zero-order valence-electron chi connectivity index (χ0n) is 10.8. The summed E-state index contributed by atoms with van der Waals surface area (Å²) in [5.41, 5.74) is 6.67. The second-order valence-corrected chi connectivity index (χ2v) is 5.89. The SMILES string of the molecule is NCC(CS(=O)c1ccc(F)cc1F)c1ccccc1. The van der Waals surface area contributed by atoms with E-state index in [4.69, 9.17) is 5.73 Å². The summed E-state index contributed by atoms with van der Waals surface area (Å²) < 4.78 is 38.7. The molecule has 0 fully saturated rings. The lowest BCUT2D eigenvalue weighted by atomic mass is 10.0. The van der Waals surface area contributed by atoms with E-state index in [9.17, 15) is 13.0 Å². The number of rotatable bonds is 5. The molecule has 2 aromatic rings. The summed E-state index contributed by atoms with van der Waals surface area (Å²) in [4.78, 5) is 0.0146. The van der Waals surface area contributed by atoms with Crippen LogP contribution in [0.3, 0.4) is 0 Å². The third-order valence-corrected chi connectivity index (χ3v) is 4.57. The van der Waals surface area contributed by atoms with Crippen molar-refractivity contribution < 1.29 is 13.0 Å². The molecule has 106 valence electrons. The third kappa shape index (κ3) is 3.49. The quantitative estimate of drug-likeness (QED) is 0.921. The molecule has 0 saturated heterocycles. The lowest BCUT2D eigenvalue weighted by Gasteiger charge is -2.15. The molecule has 0 aliphatic heterocycles. The summed E-state index contributed by atoms with van der Waals surface area (Å²) in [6, 6.07) is 12.5. The van der Waals surface area contributed by atoms with Gasteiger partial charge in [0.05, 0.1) is 15.7 Å². The molecule has 0 saturated carbocycles. The minimum atomic E-state index is -1.56. The molecule has 0 amide bonds. The van der Waals surface area contributed by atoms with Crippen molar-refractivity contribution in [3.63, 3.8) is 0 Å². The van der Waals surface area contributed by atoms with E-state index in [0.29, 0.717) is 6.54 Å². The van der Waals surface area contributed by atoms with Gasteiger partial charge in [-0.05, 0) is 17.7 Å². The summed E-state index contributed by atoms with van der Waals surface area (Å²) in [6.07, 6.45) is 0. The van der Waals surface area contributed by atoms with Crippen molar-refractivity contribution in [3.8, 4) is 0 Å². The van der Waals surface area contributed by atoms with Gasteiger partial charge in [-0.25, -0.2) is 8.78 Å². The van der Waals surface area contributed by atoms with Crippen LogP contribution in [0.25, 0.3) is 0 Å². The fraction of sp³-hybridized carbons (Fsp3) is 0.200. The Morgan fingerprint density at radius 3 is 2.40 bits per heavy atom. The minimum absolute atomic E-state index is 0.0146. The highest BCUT2D eigenvalue weighted by Gasteiger charge is 2.17. The van der Waals surface area contributed by atoms with Crippen molar-refractivity contribution in [1.82, 2.24) is 0 Å². The zero-order valence-corrected chi connectivity index (χ0v) is 11.6. The fourth-order valence-electron chi connectivity index (χ4n) is 1.96. The van der Waals surface area contributed by atoms with Crippen molar-refractivity contribution in [2.24, 2.45) is 5.73 Å². The van der Waals surface area contributed by atoms with Gasteiger partial charge in [0.25, 0.3) is 0 Å². The molecular weight excluding hydrogens is 280 g/mol. The molecule has 0 aromatic heterocycles. The molecule has 0 spiro atoms. The van der Waals surface area contributed by atoms with E-state index in [2.05, 4.69) is 0 Å². The van der Waals surface area contributed by atoms with Crippen LogP contribution >= 0.6 is 0 Å². The molecule has 2 rings (SSSR count). The van der Waals surface area contributed by atoms with Crippen LogP contribution in [0.4, 0.5) is 8.78 Å². The van der Waals surface area contributed by atoms with E-state index < -0.39 is 22.4 Å². The summed E-state index contributed by atoms with van der Waals surface area (Å²) in [5, 5.41) is 0. The van der Waals surface area contributed by atoms with Gasteiger partial charge >= 0.3 is 0 Å². The Morgan fingerprint density at radius 2 is 1.80 bits per heavy atom. The maximum Gasteiger partial charge on any atom is 0.142 e. The summed E-state index contributed by atoms with van der Waals surface area (Å²) >= 11 is 0. The third-order valence-electron chi connectivity index (χ3n) is 3.05. The van der Waals surface area contributed by atoms with Crippen molar-refractivity contribution in [1.29, 1.82) is 0 Å². The molecule has 20 heavy (non-hydrogen) atoms. The lowest BCUT2D eigenvalue weighted by Crippen LogP contribution is -2.19. The van der Waals surface area contributed by atoms with Crippen LogP contribution in [-0.2, 0) is 10.8 Å². The van der Waals surface area contributed by atoms with Gasteiger partial charge in [0.2, 0.25) is 0 Å². The second kappa shape index (κ2) is 6.72. The zero-order chi connectivity index (χ0) is 14.5. The van der Waals surface area contributed by atoms with Gasteiger partial charge in [0.15, 0.2) is 0 Å². The first kappa shape index (κ1) is 14.8. The highest BCUT2D eigenvalue weighted by molar-refractivity contribution is 7.85. The highest BCUT2D eigenvalue weighted by Crippen LogP contribution is 2.20. The standard InChI is InChI=1S/C15H15F2NOS/c16-13-6-7-15(14(17)8-13)20(19)10-12(9-18)11-4-2-1-3-5-11/h1-8,12H,9-10,18H2. The number of halogens is 2. The molecule has 2 atom stereocenters. The summed E-state index contributed by atoms with van der Waals surface area (Å²) in [6.45, 7) is 0.318. The van der Waals surface area contributed by atoms with Crippen molar-refractivity contribution in [2.75, 3.05) is 12.3 Å². The van der Waals surface area contributed by atoms with Crippen LogP contribution in [0.5, 0.6) is 0 Å². The van der Waals surface area contributed by atoms with Gasteiger partial charge in [-0.1, -0.05) is 30.3 Å². The topological polar surface area (TPSA) is 43.1 Å². The van der Waals surface area contributed by atoms with Gasteiger partial charge in [-0.3, -0.25) is 4.21 Å². The van der Waals surface area contributed by atoms with Crippen LogP contribution in [0.1, 0.15) is 11.5 Å². The van der Waals surface area contributed by atoms with Gasteiger partial charge in [0.1, 0.15) is 11.6 Å². The minimum Gasteiger partial charge on any atom is -0.330 e. The normalized spacial score (nSPS) is 13.9. The summed E-state index contributed by atoms with van der Waals surface area (Å²) in [7, 11) is -1.56. The monoisotopic (exact) mass is 295 g/mol. The largest absolute Gasteiger partial charge is 0.330 e. The van der Waals surface area contributed by atoms with Gasteiger partial charge in [-0.2, -0.15) is 0 Å². The number of benzene rings is 2. The van der Waals surface area contributed by atoms with Gasteiger partial charge < -0.3 is 5.73 Å². The Balaban J connectivity index is 2.17. The number of hydrogen-bond acceptors (Lipinski definition) is 2. The lowest BCUT2D eigenvalue weighted by molar-refractivity contribution is 0.561. The predicted molar refractivity (Wildman–Crippen MR) is 75.9 cm³/mol. The van der Waals surface area contributed by atoms with E-state index in [1.54, 1.807) is 0 Å². The molecule has 2 unspecified atom stereocenters. The number of hydrogen-bond donors (Lipinski definition) is 1. The molecule has 0 radical (unpaired) electrons. The Morgan fingerprint density at radius 1 is 1.10 bits per heavy atom.